The van der Waals surface area contributed by atoms with E-state index >= 15 is 0 Å². The van der Waals surface area contributed by atoms with Crippen molar-refractivity contribution in [3.8, 4) is 0 Å². The van der Waals surface area contributed by atoms with Crippen LogP contribution < -0.4 is 0 Å². The maximum absolute atomic E-state index is 2.04. The van der Waals surface area contributed by atoms with Crippen LogP contribution in [-0.2, 0) is 0 Å². The predicted octanol–water partition coefficient (Wildman–Crippen LogP) is 2.36. The molecule has 0 atom stereocenters. The molecule has 1 rings (SSSR count). The molecule has 0 saturated carbocycles. The fraction of sp³-hybridized carbons (Fsp3) is 0. The Morgan fingerprint density at radius 1 is 0.714 bits per heavy atom. The average molecular weight is 318 g/mol. The van der Waals surface area contributed by atoms with Crippen LogP contribution in [0.3, 0.4) is 0 Å². The molecule has 0 saturated heterocycles. The molecule has 0 fully saturated rings. The Bertz CT molecular complexity index is 94.1. The van der Waals surface area contributed by atoms with E-state index in [-0.39, 0.29) is 0 Å². The van der Waals surface area contributed by atoms with Gasteiger partial charge in [-0.15, -0.1) is 0 Å². The first kappa shape index (κ1) is 7.25. The van der Waals surface area contributed by atoms with Crippen LogP contribution in [0.5, 0.6) is 0 Å². The van der Waals surface area contributed by atoms with Crippen LogP contribution in [0.1, 0.15) is 0 Å². The van der Waals surface area contributed by atoms with Gasteiger partial charge in [-0.3, -0.25) is 0 Å². The first-order valence-corrected chi connectivity index (χ1v) is 14.9. The summed E-state index contributed by atoms with van der Waals surface area (Å²) < 4.78 is 0. The predicted molar refractivity (Wildman–Crippen MR) is 45.0 cm³/mol. The van der Waals surface area contributed by atoms with E-state index in [4.69, 9.17) is 0 Å². The summed E-state index contributed by atoms with van der Waals surface area (Å²) in [5.74, 6) is 0. The molecule has 0 bridgehead atoms. The van der Waals surface area contributed by atoms with Gasteiger partial charge >= 0.3 is 68.6 Å². The van der Waals surface area contributed by atoms with E-state index in [1.807, 2.05) is 44.2 Å². The van der Waals surface area contributed by atoms with Gasteiger partial charge in [0.2, 0.25) is 0 Å². The van der Waals surface area contributed by atoms with Gasteiger partial charge in [0.05, 0.1) is 0 Å². The van der Waals surface area contributed by atoms with Crippen molar-refractivity contribution in [1.82, 2.24) is 0 Å². The van der Waals surface area contributed by atoms with Crippen molar-refractivity contribution >= 4 is 68.6 Å². The van der Waals surface area contributed by atoms with E-state index in [1.165, 1.54) is 0 Å². The van der Waals surface area contributed by atoms with Crippen LogP contribution >= 0.6 is 44.2 Å². The monoisotopic (exact) mass is 320 g/mol. The van der Waals surface area contributed by atoms with Crippen LogP contribution in [0.25, 0.3) is 0 Å². The Morgan fingerprint density at radius 3 is 1.86 bits per heavy atom. The van der Waals surface area contributed by atoms with E-state index in [9.17, 15) is 0 Å². The third-order valence-corrected chi connectivity index (χ3v) is 30.1. The Hall–Kier alpha value is 2.14. The standard InChI is InChI=1S/S5Se2/c1-2-6-4-5-7-3-1. The van der Waals surface area contributed by atoms with Crippen molar-refractivity contribution in [2.75, 3.05) is 0 Å². The van der Waals surface area contributed by atoms with Crippen LogP contribution in [0.15, 0.2) is 0 Å². The minimum absolute atomic E-state index is 0.792. The minimum atomic E-state index is 0.792. The summed E-state index contributed by atoms with van der Waals surface area (Å²) in [4.78, 5) is 0. The van der Waals surface area contributed by atoms with Crippen molar-refractivity contribution in [2.45, 2.75) is 0 Å². The van der Waals surface area contributed by atoms with E-state index in [2.05, 4.69) is 0 Å². The molecule has 7 heavy (non-hydrogen) atoms. The second-order valence-electron chi connectivity index (χ2n) is 0.476. The summed E-state index contributed by atoms with van der Waals surface area (Å²) >= 11 is 1.58. The molecule has 1 heterocycles. The molecule has 0 nitrogen and oxygen atoms in total. The molecule has 0 spiro atoms. The molecule has 0 radical (unpaired) electrons. The molecule has 0 aliphatic heterocycles. The van der Waals surface area contributed by atoms with Gasteiger partial charge in [0, 0.05) is 0 Å². The third-order valence-electron chi connectivity index (χ3n) is 0.194. The fourth-order valence-corrected chi connectivity index (χ4v) is 43.9. The molecular weight excluding hydrogens is 318 g/mol. The van der Waals surface area contributed by atoms with Crippen molar-refractivity contribution in [3.05, 3.63) is 0 Å². The SMILES string of the molecule is s1s[se]ss[se]s1. The molecule has 42 valence electrons. The van der Waals surface area contributed by atoms with Crippen LogP contribution in [0, 0.1) is 0 Å². The van der Waals surface area contributed by atoms with Gasteiger partial charge < -0.3 is 0 Å². The Kier molecular flexibility index (Phi) is 5.14. The summed E-state index contributed by atoms with van der Waals surface area (Å²) in [6.07, 6.45) is 0. The maximum atomic E-state index is 2.04. The normalized spacial score (nSPS) is 8.00. The van der Waals surface area contributed by atoms with Gasteiger partial charge in [-0.25, -0.2) is 0 Å². The Labute approximate surface area is 67.5 Å². The fourth-order valence-electron chi connectivity index (χ4n) is 0.0794. The summed E-state index contributed by atoms with van der Waals surface area (Å²) in [7, 11) is 10.1. The van der Waals surface area contributed by atoms with Crippen molar-refractivity contribution in [3.63, 3.8) is 0 Å². The molecule has 0 unspecified atom stereocenters. The van der Waals surface area contributed by atoms with Gasteiger partial charge in [-0.2, -0.15) is 0 Å². The second kappa shape index (κ2) is 4.97. The van der Waals surface area contributed by atoms with Gasteiger partial charge in [-0.1, -0.05) is 0 Å². The zero-order valence-electron chi connectivity index (χ0n) is 2.86. The third kappa shape index (κ3) is 3.67. The zero-order chi connectivity index (χ0) is 4.95. The summed E-state index contributed by atoms with van der Waals surface area (Å²) in [6, 6.07) is 0. The van der Waals surface area contributed by atoms with Gasteiger partial charge in [0.25, 0.3) is 0 Å². The van der Waals surface area contributed by atoms with Gasteiger partial charge in [-0.05, 0) is 0 Å². The topological polar surface area (TPSA) is 0 Å². The van der Waals surface area contributed by atoms with Crippen LogP contribution in [0.2, 0.25) is 0 Å². The van der Waals surface area contributed by atoms with Crippen LogP contribution in [-0.4, -0.2) is 24.4 Å². The number of hydrogen-bond acceptors (Lipinski definition) is 5. The molecule has 1 aromatic rings. The van der Waals surface area contributed by atoms with Crippen molar-refractivity contribution < 1.29 is 0 Å². The van der Waals surface area contributed by atoms with Crippen molar-refractivity contribution in [2.24, 2.45) is 0 Å². The van der Waals surface area contributed by atoms with Gasteiger partial charge in [0.15, 0.2) is 0 Å². The van der Waals surface area contributed by atoms with Crippen molar-refractivity contribution in [1.29, 1.82) is 0 Å². The molecule has 0 amide bonds. The van der Waals surface area contributed by atoms with E-state index in [1.54, 1.807) is 0 Å². The molecule has 7 heteroatoms. The van der Waals surface area contributed by atoms with E-state index in [0.717, 1.165) is 24.4 Å². The molecule has 0 aliphatic rings. The number of hydrogen-bond donors (Lipinski definition) is 0. The molecule has 0 aliphatic carbocycles. The van der Waals surface area contributed by atoms with E-state index in [0.29, 0.717) is 0 Å². The molecule has 0 N–H and O–H groups in total. The number of rotatable bonds is 0. The average Bonchev–Trinajstić information content (AvgIpc) is 1.90. The summed E-state index contributed by atoms with van der Waals surface area (Å²) in [5.41, 5.74) is 0. The van der Waals surface area contributed by atoms with Crippen LogP contribution in [0.4, 0.5) is 0 Å². The summed E-state index contributed by atoms with van der Waals surface area (Å²) in [5, 5.41) is 0. The van der Waals surface area contributed by atoms with E-state index < -0.39 is 0 Å². The molecular formula is S5Se2. The molecule has 1 aromatic heterocycles. The first-order valence-electron chi connectivity index (χ1n) is 1.17. The first-order chi connectivity index (χ1) is 3.50. The second-order valence-corrected chi connectivity index (χ2v) is 20.9. The Morgan fingerprint density at radius 2 is 1.29 bits per heavy atom. The zero-order valence-corrected chi connectivity index (χ0v) is 10.4. The van der Waals surface area contributed by atoms with Gasteiger partial charge in [0.1, 0.15) is 0 Å². The quantitative estimate of drug-likeness (QED) is 0.509. The Balaban J connectivity index is 3.06. The summed E-state index contributed by atoms with van der Waals surface area (Å²) in [6.45, 7) is 0. The molecule has 0 aromatic carbocycles.